The van der Waals surface area contributed by atoms with Gasteiger partial charge in [0.15, 0.2) is 17.3 Å². The summed E-state index contributed by atoms with van der Waals surface area (Å²) in [7, 11) is 0. The fourth-order valence-corrected chi connectivity index (χ4v) is 5.16. The first-order valence-corrected chi connectivity index (χ1v) is 12.9. The Bertz CT molecular complexity index is 1520. The Balaban J connectivity index is 1.63. The van der Waals surface area contributed by atoms with Gasteiger partial charge in [-0.15, -0.1) is 0 Å². The lowest BCUT2D eigenvalue weighted by Crippen LogP contribution is -2.48. The number of aliphatic hydroxyl groups is 2. The van der Waals surface area contributed by atoms with Crippen molar-refractivity contribution in [3.63, 3.8) is 0 Å². The number of carbonyl (C=O) groups is 1. The van der Waals surface area contributed by atoms with Crippen LogP contribution in [0, 0.1) is 28.8 Å². The number of pyridine rings is 2. The van der Waals surface area contributed by atoms with E-state index in [0.717, 1.165) is 0 Å². The number of benzene rings is 1. The molecule has 8 nitrogen and oxygen atoms in total. The van der Waals surface area contributed by atoms with E-state index in [4.69, 9.17) is 0 Å². The Kier molecular flexibility index (Phi) is 7.49. The zero-order valence-electron chi connectivity index (χ0n) is 21.5. The maximum atomic E-state index is 14.9. The number of nitrogens with one attached hydrogen (secondary N) is 1. The van der Waals surface area contributed by atoms with Crippen molar-refractivity contribution in [3.8, 4) is 5.69 Å². The highest BCUT2D eigenvalue weighted by Gasteiger charge is 2.50. The summed E-state index contributed by atoms with van der Waals surface area (Å²) in [6.45, 7) is 0.213. The molecule has 1 aliphatic carbocycles. The van der Waals surface area contributed by atoms with Crippen molar-refractivity contribution in [2.45, 2.75) is 37.9 Å². The summed E-state index contributed by atoms with van der Waals surface area (Å²) in [5.41, 5.74) is -3.70. The number of amides is 1. The molecule has 2 aromatic heterocycles. The molecule has 14 heteroatoms. The monoisotopic (exact) mass is 584 g/mol. The van der Waals surface area contributed by atoms with Gasteiger partial charge in [-0.3, -0.25) is 14.2 Å². The molecule has 220 valence electrons. The molecule has 1 aromatic carbocycles. The van der Waals surface area contributed by atoms with E-state index in [2.05, 4.69) is 4.98 Å². The molecule has 3 heterocycles. The highest BCUT2D eigenvalue weighted by atomic mass is 19.4. The number of halogens is 6. The molecule has 1 saturated heterocycles. The molecule has 41 heavy (non-hydrogen) atoms. The Morgan fingerprint density at radius 1 is 1.07 bits per heavy atom. The van der Waals surface area contributed by atoms with Gasteiger partial charge in [-0.2, -0.15) is 13.2 Å². The van der Waals surface area contributed by atoms with E-state index in [1.165, 1.54) is 12.1 Å². The summed E-state index contributed by atoms with van der Waals surface area (Å²) in [5.74, 6) is -5.99. The maximum Gasteiger partial charge on any atom is 0.408 e. The highest BCUT2D eigenvalue weighted by molar-refractivity contribution is 5.97. The number of alkyl halides is 3. The number of aliphatic hydroxyl groups excluding tert-OH is 2. The number of fused-ring (bicyclic) bond motifs is 1. The topological polar surface area (TPSA) is 108 Å². The first-order valence-electron chi connectivity index (χ1n) is 12.9. The maximum absolute atomic E-state index is 14.9. The van der Waals surface area contributed by atoms with Crippen molar-refractivity contribution < 1.29 is 41.4 Å². The molecule has 5 rings (SSSR count). The smallest absolute Gasteiger partial charge is 0.396 e. The van der Waals surface area contributed by atoms with Gasteiger partial charge >= 0.3 is 6.18 Å². The van der Waals surface area contributed by atoms with Crippen LogP contribution in [0.4, 0.5) is 32.2 Å². The van der Waals surface area contributed by atoms with Gasteiger partial charge in [0.25, 0.3) is 5.91 Å². The number of aromatic nitrogens is 2. The second-order valence-electron chi connectivity index (χ2n) is 10.6. The largest absolute Gasteiger partial charge is 0.408 e. The predicted octanol–water partition coefficient (Wildman–Crippen LogP) is 3.44. The molecule has 2 aliphatic rings. The first-order chi connectivity index (χ1) is 19.4. The van der Waals surface area contributed by atoms with Crippen LogP contribution in [0.1, 0.15) is 36.0 Å². The summed E-state index contributed by atoms with van der Waals surface area (Å²) in [5, 5.41) is 20.9. The minimum Gasteiger partial charge on any atom is -0.396 e. The zero-order valence-corrected chi connectivity index (χ0v) is 21.5. The number of anilines is 1. The number of carbonyl (C=O) groups excluding carboxylic acids is 1. The molecule has 2 fully saturated rings. The lowest BCUT2D eigenvalue weighted by molar-refractivity contribution is -0.158. The summed E-state index contributed by atoms with van der Waals surface area (Å²) >= 11 is 0. The van der Waals surface area contributed by atoms with Crippen LogP contribution in [0.5, 0.6) is 0 Å². The first kappa shape index (κ1) is 28.9. The molecule has 1 aliphatic heterocycles. The summed E-state index contributed by atoms with van der Waals surface area (Å²) in [6, 6.07) is 1.22. The van der Waals surface area contributed by atoms with Crippen LogP contribution in [0.3, 0.4) is 0 Å². The molecular weight excluding hydrogens is 558 g/mol. The minimum absolute atomic E-state index is 0.230. The predicted molar refractivity (Wildman–Crippen MR) is 135 cm³/mol. The molecule has 1 amide bonds. The summed E-state index contributed by atoms with van der Waals surface area (Å²) < 4.78 is 85.0. The van der Waals surface area contributed by atoms with E-state index < -0.39 is 63.6 Å². The number of piperidine rings is 1. The fraction of sp³-hybridized carbons (Fsp3) is 0.444. The molecule has 0 radical (unpaired) electrons. The van der Waals surface area contributed by atoms with Gasteiger partial charge in [0.1, 0.15) is 28.9 Å². The number of hydrogen-bond acceptors (Lipinski definition) is 6. The molecule has 0 bridgehead atoms. The third-order valence-electron chi connectivity index (χ3n) is 7.85. The Hall–Kier alpha value is -3.65. The van der Waals surface area contributed by atoms with E-state index in [1.54, 1.807) is 4.90 Å². The quantitative estimate of drug-likeness (QED) is 0.368. The molecular formula is C27H26F6N4O4. The molecule has 1 saturated carbocycles. The summed E-state index contributed by atoms with van der Waals surface area (Å²) in [6.07, 6.45) is -2.81. The Morgan fingerprint density at radius 2 is 1.68 bits per heavy atom. The van der Waals surface area contributed by atoms with Gasteiger partial charge in [-0.25, -0.2) is 18.2 Å². The number of rotatable bonds is 7. The molecule has 0 unspecified atom stereocenters. The third kappa shape index (κ3) is 5.49. The summed E-state index contributed by atoms with van der Waals surface area (Å²) in [4.78, 5) is 32.5. The zero-order chi connectivity index (χ0) is 29.7. The van der Waals surface area contributed by atoms with Crippen LogP contribution in [0.15, 0.2) is 35.3 Å². The van der Waals surface area contributed by atoms with Gasteiger partial charge in [0, 0.05) is 36.8 Å². The van der Waals surface area contributed by atoms with Gasteiger partial charge in [-0.1, -0.05) is 0 Å². The fourth-order valence-electron chi connectivity index (χ4n) is 5.16. The minimum atomic E-state index is -4.78. The Morgan fingerprint density at radius 3 is 2.22 bits per heavy atom. The third-order valence-corrected chi connectivity index (χ3v) is 7.85. The van der Waals surface area contributed by atoms with Crippen molar-refractivity contribution in [1.29, 1.82) is 0 Å². The van der Waals surface area contributed by atoms with Gasteiger partial charge in [0.2, 0.25) is 5.43 Å². The van der Waals surface area contributed by atoms with E-state index in [9.17, 15) is 46.1 Å². The standard InChI is InChI=1S/C27H26F6N4O4/c28-15-9-18(29)21(19(30)10-15)37-11-17(25(41)35-23(14-1-2-14)27(31,32)33)22(40)16-3-4-20(34-24(16)37)36-7-5-26(12-38,13-39)6-8-36/h3-4,9-11,14,23,38-39H,1-2,5-8,12-13H2,(H,35,41)/t23-/m0/s1. The molecule has 1 atom stereocenters. The van der Waals surface area contributed by atoms with Gasteiger partial charge in [0.05, 0.1) is 18.6 Å². The van der Waals surface area contributed by atoms with E-state index in [1.807, 2.05) is 5.32 Å². The second kappa shape index (κ2) is 10.6. The van der Waals surface area contributed by atoms with Crippen LogP contribution >= 0.6 is 0 Å². The van der Waals surface area contributed by atoms with Crippen LogP contribution < -0.4 is 15.6 Å². The normalized spacial score (nSPS) is 18.0. The van der Waals surface area contributed by atoms with Crippen LogP contribution in [-0.4, -0.2) is 64.2 Å². The Labute approximate surface area is 229 Å². The van der Waals surface area contributed by atoms with Crippen molar-refractivity contribution in [2.24, 2.45) is 11.3 Å². The van der Waals surface area contributed by atoms with Gasteiger partial charge in [-0.05, 0) is 43.7 Å². The van der Waals surface area contributed by atoms with Crippen molar-refractivity contribution in [2.75, 3.05) is 31.2 Å². The van der Waals surface area contributed by atoms with Gasteiger partial charge < -0.3 is 20.4 Å². The number of hydrogen-bond donors (Lipinski definition) is 3. The van der Waals surface area contributed by atoms with Crippen molar-refractivity contribution in [3.05, 3.63) is 63.7 Å². The SMILES string of the molecule is O=C(N[C@@H](C1CC1)C(F)(F)F)c1cn(-c2c(F)cc(F)cc2F)c2nc(N3CCC(CO)(CO)CC3)ccc2c1=O. The van der Waals surface area contributed by atoms with E-state index in [0.29, 0.717) is 48.8 Å². The number of nitrogens with zero attached hydrogens (tertiary/aromatic N) is 3. The van der Waals surface area contributed by atoms with Crippen molar-refractivity contribution in [1.82, 2.24) is 14.9 Å². The van der Waals surface area contributed by atoms with Crippen molar-refractivity contribution >= 4 is 22.8 Å². The lowest BCUT2D eigenvalue weighted by atomic mass is 9.80. The lowest BCUT2D eigenvalue weighted by Gasteiger charge is -2.40. The van der Waals surface area contributed by atoms with Crippen LogP contribution in [0.25, 0.3) is 16.7 Å². The van der Waals surface area contributed by atoms with Crippen LogP contribution in [0.2, 0.25) is 0 Å². The van der Waals surface area contributed by atoms with E-state index in [-0.39, 0.29) is 42.9 Å². The second-order valence-corrected chi connectivity index (χ2v) is 10.6. The average molecular weight is 585 g/mol. The van der Waals surface area contributed by atoms with E-state index >= 15 is 0 Å². The van der Waals surface area contributed by atoms with Crippen LogP contribution in [-0.2, 0) is 0 Å². The average Bonchev–Trinajstić information content (AvgIpc) is 3.76. The highest BCUT2D eigenvalue weighted by Crippen LogP contribution is 2.40. The molecule has 3 aromatic rings. The molecule has 0 spiro atoms. The molecule has 3 N–H and O–H groups in total.